The number of alkyl halides is 2. The van der Waals surface area contributed by atoms with Gasteiger partial charge in [-0.25, -0.2) is 8.78 Å². The minimum Gasteiger partial charge on any atom is -0.269 e. The van der Waals surface area contributed by atoms with Gasteiger partial charge in [-0.15, -0.1) is 0 Å². The molecule has 1 fully saturated rings. The molecule has 0 saturated heterocycles. The van der Waals surface area contributed by atoms with Crippen LogP contribution < -0.4 is 0 Å². The first-order valence-corrected chi connectivity index (χ1v) is 6.37. The summed E-state index contributed by atoms with van der Waals surface area (Å²) in [5.74, 6) is -1.93. The summed E-state index contributed by atoms with van der Waals surface area (Å²) in [5.41, 5.74) is 1.13. The van der Waals surface area contributed by atoms with E-state index in [1.807, 2.05) is 24.6 Å². The van der Waals surface area contributed by atoms with Crippen molar-refractivity contribution in [2.45, 2.75) is 58.9 Å². The summed E-state index contributed by atoms with van der Waals surface area (Å²) in [7, 11) is 0. The average molecular weight is 244 g/mol. The van der Waals surface area contributed by atoms with Crippen LogP contribution >= 0.6 is 0 Å². The van der Waals surface area contributed by atoms with E-state index in [9.17, 15) is 8.78 Å². The van der Waals surface area contributed by atoms with Gasteiger partial charge in [-0.1, -0.05) is 27.7 Å². The predicted octanol–water partition coefficient (Wildman–Crippen LogP) is 4.08. The summed E-state index contributed by atoms with van der Waals surface area (Å²) in [5, 5.41) is 4.18. The third-order valence-electron chi connectivity index (χ3n) is 2.95. The predicted molar refractivity (Wildman–Crippen MR) is 65.3 cm³/mol. The molecular weight excluding hydrogens is 222 g/mol. The molecule has 0 atom stereocenters. The Kier molecular flexibility index (Phi) is 4.66. The maximum atomic E-state index is 12.6. The van der Waals surface area contributed by atoms with Gasteiger partial charge in [0.25, 0.3) is 0 Å². The fraction of sp³-hybridized carbons (Fsp3) is 0.769. The molecule has 1 aliphatic carbocycles. The highest BCUT2D eigenvalue weighted by Gasteiger charge is 2.45. The zero-order valence-electron chi connectivity index (χ0n) is 11.1. The van der Waals surface area contributed by atoms with Gasteiger partial charge in [0.2, 0.25) is 5.92 Å². The number of halogens is 2. The van der Waals surface area contributed by atoms with Crippen LogP contribution in [0.15, 0.2) is 12.3 Å². The highest BCUT2D eigenvalue weighted by Crippen LogP contribution is 2.43. The van der Waals surface area contributed by atoms with Crippen molar-refractivity contribution in [1.29, 1.82) is 0 Å². The molecule has 2 rings (SSSR count). The average Bonchev–Trinajstić information content (AvgIpc) is 2.66. The fourth-order valence-electron chi connectivity index (χ4n) is 2.14. The van der Waals surface area contributed by atoms with Crippen molar-refractivity contribution in [3.8, 4) is 0 Å². The lowest BCUT2D eigenvalue weighted by Crippen LogP contribution is -2.38. The summed E-state index contributed by atoms with van der Waals surface area (Å²) in [6.07, 6.45) is 1.78. The standard InChI is InChI=1S/C11H16F2N2.C2H6/c1-8(2)10-3-4-14-15(10)7-9-5-11(12,13)6-9;1-2/h3-4,8-9H,5-7H2,1-2H3;1-2H3. The van der Waals surface area contributed by atoms with E-state index in [4.69, 9.17) is 0 Å². The molecule has 1 aliphatic rings. The van der Waals surface area contributed by atoms with Crippen molar-refractivity contribution < 1.29 is 8.78 Å². The second-order valence-electron chi connectivity index (χ2n) is 4.72. The van der Waals surface area contributed by atoms with Crippen LogP contribution in [0.1, 0.15) is 52.1 Å². The van der Waals surface area contributed by atoms with E-state index in [2.05, 4.69) is 18.9 Å². The van der Waals surface area contributed by atoms with Gasteiger partial charge in [0.15, 0.2) is 0 Å². The number of hydrogen-bond donors (Lipinski definition) is 0. The van der Waals surface area contributed by atoms with E-state index in [1.165, 1.54) is 0 Å². The summed E-state index contributed by atoms with van der Waals surface area (Å²) in [4.78, 5) is 0. The fourth-order valence-corrected chi connectivity index (χ4v) is 2.14. The van der Waals surface area contributed by atoms with E-state index < -0.39 is 5.92 Å². The number of nitrogens with zero attached hydrogens (tertiary/aromatic N) is 2. The van der Waals surface area contributed by atoms with Crippen molar-refractivity contribution in [1.82, 2.24) is 9.78 Å². The molecule has 0 unspecified atom stereocenters. The lowest BCUT2D eigenvalue weighted by Gasteiger charge is -2.35. The van der Waals surface area contributed by atoms with Gasteiger partial charge in [-0.05, 0) is 17.9 Å². The van der Waals surface area contributed by atoms with Crippen molar-refractivity contribution >= 4 is 0 Å². The molecule has 2 nitrogen and oxygen atoms in total. The van der Waals surface area contributed by atoms with E-state index in [1.54, 1.807) is 6.20 Å². The zero-order chi connectivity index (χ0) is 13.1. The molecule has 0 spiro atoms. The minimum absolute atomic E-state index is 0.0182. The number of rotatable bonds is 3. The Morgan fingerprint density at radius 2 is 2.00 bits per heavy atom. The first-order chi connectivity index (χ1) is 7.98. The van der Waals surface area contributed by atoms with Crippen LogP contribution in [-0.4, -0.2) is 15.7 Å². The molecule has 0 N–H and O–H groups in total. The van der Waals surface area contributed by atoms with Crippen LogP contribution in [0.5, 0.6) is 0 Å². The first-order valence-electron chi connectivity index (χ1n) is 6.37. The first kappa shape index (κ1) is 14.1. The lowest BCUT2D eigenvalue weighted by atomic mass is 9.81. The van der Waals surface area contributed by atoms with Crippen LogP contribution in [0, 0.1) is 5.92 Å². The third kappa shape index (κ3) is 3.51. The number of hydrogen-bond acceptors (Lipinski definition) is 1. The molecule has 98 valence electrons. The molecular formula is C13H22F2N2. The highest BCUT2D eigenvalue weighted by atomic mass is 19.3. The Bertz CT molecular complexity index is 337. The van der Waals surface area contributed by atoms with Gasteiger partial charge in [0.05, 0.1) is 0 Å². The van der Waals surface area contributed by atoms with Gasteiger partial charge < -0.3 is 0 Å². The van der Waals surface area contributed by atoms with Crippen LogP contribution in [0.2, 0.25) is 0 Å². The largest absolute Gasteiger partial charge is 0.269 e. The quantitative estimate of drug-likeness (QED) is 0.783. The smallest absolute Gasteiger partial charge is 0.248 e. The van der Waals surface area contributed by atoms with Crippen molar-refractivity contribution in [2.24, 2.45) is 5.92 Å². The lowest BCUT2D eigenvalue weighted by molar-refractivity contribution is -0.114. The molecule has 1 saturated carbocycles. The Morgan fingerprint density at radius 3 is 2.47 bits per heavy atom. The molecule has 4 heteroatoms. The van der Waals surface area contributed by atoms with E-state index in [0.29, 0.717) is 12.5 Å². The van der Waals surface area contributed by atoms with Crippen molar-refractivity contribution in [2.75, 3.05) is 0 Å². The van der Waals surface area contributed by atoms with Gasteiger partial charge in [-0.3, -0.25) is 4.68 Å². The molecule has 1 aromatic rings. The Hall–Kier alpha value is -0.930. The Morgan fingerprint density at radius 1 is 1.41 bits per heavy atom. The third-order valence-corrected chi connectivity index (χ3v) is 2.95. The molecule has 17 heavy (non-hydrogen) atoms. The normalized spacial score (nSPS) is 18.5. The maximum Gasteiger partial charge on any atom is 0.248 e. The Balaban J connectivity index is 0.000000686. The summed E-state index contributed by atoms with van der Waals surface area (Å²) in [6.45, 7) is 8.81. The monoisotopic (exact) mass is 244 g/mol. The summed E-state index contributed by atoms with van der Waals surface area (Å²) < 4.78 is 27.2. The van der Waals surface area contributed by atoms with Gasteiger partial charge >= 0.3 is 0 Å². The highest BCUT2D eigenvalue weighted by molar-refractivity contribution is 5.06. The second kappa shape index (κ2) is 5.61. The topological polar surface area (TPSA) is 17.8 Å². The van der Waals surface area contributed by atoms with Crippen LogP contribution in [0.4, 0.5) is 8.78 Å². The maximum absolute atomic E-state index is 12.6. The SMILES string of the molecule is CC.CC(C)c1ccnn1CC1CC(F)(F)C1. The molecule has 0 bridgehead atoms. The molecule has 0 aliphatic heterocycles. The second-order valence-corrected chi connectivity index (χ2v) is 4.72. The van der Waals surface area contributed by atoms with E-state index >= 15 is 0 Å². The van der Waals surface area contributed by atoms with Gasteiger partial charge in [0.1, 0.15) is 0 Å². The molecule has 1 heterocycles. The van der Waals surface area contributed by atoms with Crippen LogP contribution in [0.25, 0.3) is 0 Å². The van der Waals surface area contributed by atoms with E-state index in [-0.39, 0.29) is 18.8 Å². The van der Waals surface area contributed by atoms with Crippen LogP contribution in [-0.2, 0) is 6.54 Å². The van der Waals surface area contributed by atoms with Crippen molar-refractivity contribution in [3.63, 3.8) is 0 Å². The number of aromatic nitrogens is 2. The van der Waals surface area contributed by atoms with Gasteiger partial charge in [-0.2, -0.15) is 5.10 Å². The summed E-state index contributed by atoms with van der Waals surface area (Å²) in [6, 6.07) is 1.96. The molecule has 1 aromatic heterocycles. The molecule has 0 radical (unpaired) electrons. The van der Waals surface area contributed by atoms with Gasteiger partial charge in [0, 0.05) is 31.3 Å². The molecule has 0 amide bonds. The van der Waals surface area contributed by atoms with Crippen LogP contribution in [0.3, 0.4) is 0 Å². The van der Waals surface area contributed by atoms with E-state index in [0.717, 1.165) is 5.69 Å². The van der Waals surface area contributed by atoms with Crippen molar-refractivity contribution in [3.05, 3.63) is 18.0 Å². The Labute approximate surface area is 102 Å². The molecule has 0 aromatic carbocycles. The minimum atomic E-state index is -2.42. The zero-order valence-corrected chi connectivity index (χ0v) is 11.1. The summed E-state index contributed by atoms with van der Waals surface area (Å²) >= 11 is 0.